The number of fused-ring (bicyclic) bond motifs is 1. The monoisotopic (exact) mass is 318 g/mol. The highest BCUT2D eigenvalue weighted by molar-refractivity contribution is 6.35. The summed E-state index contributed by atoms with van der Waals surface area (Å²) in [5.41, 5.74) is 3.20. The van der Waals surface area contributed by atoms with E-state index in [1.807, 2.05) is 24.3 Å². The molecule has 2 aromatic carbocycles. The first kappa shape index (κ1) is 14.3. The Morgan fingerprint density at radius 2 is 1.71 bits per heavy atom. The number of aliphatic hydroxyl groups is 1. The summed E-state index contributed by atoms with van der Waals surface area (Å²) in [5.74, 6) is 0. The molecule has 5 heteroatoms. The summed E-state index contributed by atoms with van der Waals surface area (Å²) in [4.78, 5) is 8.45. The zero-order chi connectivity index (χ0) is 14.8. The van der Waals surface area contributed by atoms with Crippen molar-refractivity contribution in [2.45, 2.75) is 12.5 Å². The number of aliphatic hydroxyl groups excluding tert-OH is 1. The largest absolute Gasteiger partial charge is 0.388 e. The smallest absolute Gasteiger partial charge is 0.0890 e. The first-order valence-electron chi connectivity index (χ1n) is 6.46. The van der Waals surface area contributed by atoms with Gasteiger partial charge >= 0.3 is 0 Å². The second-order valence-corrected chi connectivity index (χ2v) is 5.60. The molecule has 0 bridgehead atoms. The predicted octanol–water partition coefficient (Wildman–Crippen LogP) is 4.21. The van der Waals surface area contributed by atoms with Crippen molar-refractivity contribution in [2.24, 2.45) is 0 Å². The molecule has 0 radical (unpaired) electrons. The Labute approximate surface area is 132 Å². The van der Waals surface area contributed by atoms with Crippen LogP contribution in [0.25, 0.3) is 11.0 Å². The lowest BCUT2D eigenvalue weighted by Gasteiger charge is -2.13. The molecule has 0 aliphatic rings. The summed E-state index contributed by atoms with van der Waals surface area (Å²) in [6.45, 7) is 0. The molecule has 3 rings (SSSR count). The highest BCUT2D eigenvalue weighted by Gasteiger charge is 2.12. The van der Waals surface area contributed by atoms with E-state index in [2.05, 4.69) is 9.97 Å². The highest BCUT2D eigenvalue weighted by Crippen LogP contribution is 2.27. The topological polar surface area (TPSA) is 46.0 Å². The van der Waals surface area contributed by atoms with Crippen LogP contribution in [0.2, 0.25) is 10.0 Å². The Balaban J connectivity index is 1.87. The third kappa shape index (κ3) is 3.16. The summed E-state index contributed by atoms with van der Waals surface area (Å²) >= 11 is 12.0. The molecule has 106 valence electrons. The van der Waals surface area contributed by atoms with Crippen LogP contribution in [0.5, 0.6) is 0 Å². The highest BCUT2D eigenvalue weighted by atomic mass is 35.5. The maximum atomic E-state index is 10.4. The van der Waals surface area contributed by atoms with Gasteiger partial charge in [0.05, 0.1) is 17.1 Å². The van der Waals surface area contributed by atoms with Crippen LogP contribution in [0, 0.1) is 0 Å². The summed E-state index contributed by atoms with van der Waals surface area (Å²) in [7, 11) is 0. The summed E-state index contributed by atoms with van der Waals surface area (Å²) in [5, 5.41) is 11.5. The Hall–Kier alpha value is -1.68. The minimum atomic E-state index is -0.657. The Kier molecular flexibility index (Phi) is 4.06. The second-order valence-electron chi connectivity index (χ2n) is 4.76. The van der Waals surface area contributed by atoms with Crippen LogP contribution in [0.3, 0.4) is 0 Å². The average Bonchev–Trinajstić information content (AvgIpc) is 2.49. The van der Waals surface area contributed by atoms with Gasteiger partial charge in [0.2, 0.25) is 0 Å². The van der Waals surface area contributed by atoms with E-state index in [4.69, 9.17) is 23.2 Å². The van der Waals surface area contributed by atoms with Gasteiger partial charge in [-0.05, 0) is 35.4 Å². The first-order valence-corrected chi connectivity index (χ1v) is 7.22. The molecule has 0 spiro atoms. The molecular weight excluding hydrogens is 307 g/mol. The van der Waals surface area contributed by atoms with Crippen LogP contribution in [-0.4, -0.2) is 15.1 Å². The quantitative estimate of drug-likeness (QED) is 0.786. The van der Waals surface area contributed by atoms with Crippen LogP contribution in [0.1, 0.15) is 17.2 Å². The standard InChI is InChI=1S/C16H12Cl2N2O/c17-12-3-1-10(13(18)9-12)8-16(21)11-2-4-14-15(7-11)20-6-5-19-14/h1-7,9,16,21H,8H2. The molecule has 1 atom stereocenters. The summed E-state index contributed by atoms with van der Waals surface area (Å²) < 4.78 is 0. The van der Waals surface area contributed by atoms with Crippen LogP contribution < -0.4 is 0 Å². The minimum absolute atomic E-state index is 0.418. The van der Waals surface area contributed by atoms with E-state index in [0.717, 1.165) is 22.2 Å². The molecule has 1 unspecified atom stereocenters. The lowest BCUT2D eigenvalue weighted by Crippen LogP contribution is -2.02. The number of halogens is 2. The van der Waals surface area contributed by atoms with Crippen molar-refractivity contribution in [1.82, 2.24) is 9.97 Å². The number of benzene rings is 2. The molecule has 0 aliphatic carbocycles. The van der Waals surface area contributed by atoms with Crippen LogP contribution in [0.4, 0.5) is 0 Å². The number of aromatic nitrogens is 2. The van der Waals surface area contributed by atoms with Gasteiger partial charge in [0, 0.05) is 28.9 Å². The lowest BCUT2D eigenvalue weighted by molar-refractivity contribution is 0.178. The zero-order valence-electron chi connectivity index (χ0n) is 11.0. The van der Waals surface area contributed by atoms with Crippen molar-refractivity contribution < 1.29 is 5.11 Å². The van der Waals surface area contributed by atoms with Crippen molar-refractivity contribution >= 4 is 34.2 Å². The lowest BCUT2D eigenvalue weighted by atomic mass is 10.0. The molecule has 1 aromatic heterocycles. The van der Waals surface area contributed by atoms with Crippen molar-refractivity contribution in [3.05, 3.63) is 70.0 Å². The van der Waals surface area contributed by atoms with E-state index < -0.39 is 6.10 Å². The molecule has 3 nitrogen and oxygen atoms in total. The maximum absolute atomic E-state index is 10.4. The Morgan fingerprint density at radius 1 is 0.952 bits per heavy atom. The number of nitrogens with zero attached hydrogens (tertiary/aromatic N) is 2. The van der Waals surface area contributed by atoms with Gasteiger partial charge < -0.3 is 5.11 Å². The van der Waals surface area contributed by atoms with Gasteiger partial charge in [0.1, 0.15) is 0 Å². The van der Waals surface area contributed by atoms with Crippen molar-refractivity contribution in [3.8, 4) is 0 Å². The van der Waals surface area contributed by atoms with Gasteiger partial charge in [-0.25, -0.2) is 0 Å². The second kappa shape index (κ2) is 5.98. The van der Waals surface area contributed by atoms with E-state index in [-0.39, 0.29) is 0 Å². The van der Waals surface area contributed by atoms with Crippen LogP contribution in [-0.2, 0) is 6.42 Å². The third-order valence-electron chi connectivity index (χ3n) is 3.31. The molecular formula is C16H12Cl2N2O. The normalized spacial score (nSPS) is 12.5. The van der Waals surface area contributed by atoms with Gasteiger partial charge in [-0.3, -0.25) is 9.97 Å². The van der Waals surface area contributed by atoms with Gasteiger partial charge in [-0.1, -0.05) is 35.3 Å². The predicted molar refractivity (Wildman–Crippen MR) is 84.7 cm³/mol. The molecule has 0 saturated carbocycles. The fourth-order valence-corrected chi connectivity index (χ4v) is 2.69. The maximum Gasteiger partial charge on any atom is 0.0890 e. The Bertz CT molecular complexity index is 792. The molecule has 3 aromatic rings. The number of hydrogen-bond acceptors (Lipinski definition) is 3. The first-order chi connectivity index (χ1) is 10.1. The SMILES string of the molecule is OC(Cc1ccc(Cl)cc1Cl)c1ccc2nccnc2c1. The van der Waals surface area contributed by atoms with Crippen LogP contribution in [0.15, 0.2) is 48.8 Å². The van der Waals surface area contributed by atoms with Gasteiger partial charge in [0.25, 0.3) is 0 Å². The van der Waals surface area contributed by atoms with Crippen molar-refractivity contribution in [3.63, 3.8) is 0 Å². The van der Waals surface area contributed by atoms with Crippen molar-refractivity contribution in [2.75, 3.05) is 0 Å². The molecule has 0 aliphatic heterocycles. The average molecular weight is 319 g/mol. The van der Waals surface area contributed by atoms with E-state index in [9.17, 15) is 5.11 Å². The van der Waals surface area contributed by atoms with Gasteiger partial charge in [-0.2, -0.15) is 0 Å². The van der Waals surface area contributed by atoms with Gasteiger partial charge in [-0.15, -0.1) is 0 Å². The van der Waals surface area contributed by atoms with E-state index >= 15 is 0 Å². The third-order valence-corrected chi connectivity index (χ3v) is 3.89. The summed E-state index contributed by atoms with van der Waals surface area (Å²) in [6.07, 6.45) is 3.04. The van der Waals surface area contributed by atoms with E-state index in [1.54, 1.807) is 24.5 Å². The molecule has 0 saturated heterocycles. The van der Waals surface area contributed by atoms with Crippen molar-refractivity contribution in [1.29, 1.82) is 0 Å². The molecule has 0 fully saturated rings. The molecule has 1 N–H and O–H groups in total. The van der Waals surface area contributed by atoms with Crippen LogP contribution >= 0.6 is 23.2 Å². The zero-order valence-corrected chi connectivity index (χ0v) is 12.5. The number of hydrogen-bond donors (Lipinski definition) is 1. The fourth-order valence-electron chi connectivity index (χ4n) is 2.20. The summed E-state index contributed by atoms with van der Waals surface area (Å²) in [6, 6.07) is 10.8. The molecule has 0 amide bonds. The van der Waals surface area contributed by atoms with E-state index in [0.29, 0.717) is 16.5 Å². The molecule has 1 heterocycles. The fraction of sp³-hybridized carbons (Fsp3) is 0.125. The minimum Gasteiger partial charge on any atom is -0.388 e. The number of rotatable bonds is 3. The Morgan fingerprint density at radius 3 is 2.48 bits per heavy atom. The van der Waals surface area contributed by atoms with Gasteiger partial charge in [0.15, 0.2) is 0 Å². The molecule has 21 heavy (non-hydrogen) atoms. The van der Waals surface area contributed by atoms with E-state index in [1.165, 1.54) is 0 Å².